The lowest BCUT2D eigenvalue weighted by Crippen LogP contribution is -2.00. The molecule has 1 heteroatoms. The normalized spacial score (nSPS) is 16.8. The zero-order valence-corrected chi connectivity index (χ0v) is 9.34. The van der Waals surface area contributed by atoms with Gasteiger partial charge in [0.1, 0.15) is 6.29 Å². The van der Waals surface area contributed by atoms with Crippen LogP contribution in [0.2, 0.25) is 0 Å². The van der Waals surface area contributed by atoms with Crippen molar-refractivity contribution >= 4 is 6.29 Å². The van der Waals surface area contributed by atoms with E-state index < -0.39 is 0 Å². The average Bonchev–Trinajstić information content (AvgIpc) is 2.17. The van der Waals surface area contributed by atoms with Crippen molar-refractivity contribution in [3.05, 3.63) is 11.6 Å². The standard InChI is InChI=1S/C12H22O/c1-5-10(3)7-8-12(9-13)11(4)6-2/h8-11H,5-7H2,1-4H3/b12-8+. The first kappa shape index (κ1) is 12.4. The van der Waals surface area contributed by atoms with Gasteiger partial charge in [-0.2, -0.15) is 0 Å². The van der Waals surface area contributed by atoms with Crippen molar-refractivity contribution in [1.29, 1.82) is 0 Å². The fourth-order valence-electron chi connectivity index (χ4n) is 1.11. The first-order valence-electron chi connectivity index (χ1n) is 5.30. The summed E-state index contributed by atoms with van der Waals surface area (Å²) in [7, 11) is 0. The Hall–Kier alpha value is -0.590. The summed E-state index contributed by atoms with van der Waals surface area (Å²) >= 11 is 0. The van der Waals surface area contributed by atoms with Crippen LogP contribution in [0.1, 0.15) is 47.0 Å². The Morgan fingerprint density at radius 1 is 1.23 bits per heavy atom. The van der Waals surface area contributed by atoms with Crippen molar-refractivity contribution in [3.63, 3.8) is 0 Å². The Bertz CT molecular complexity index is 170. The summed E-state index contributed by atoms with van der Waals surface area (Å²) in [5.74, 6) is 1.11. The zero-order valence-electron chi connectivity index (χ0n) is 9.34. The van der Waals surface area contributed by atoms with Gasteiger partial charge in [-0.25, -0.2) is 0 Å². The highest BCUT2D eigenvalue weighted by Gasteiger charge is 2.05. The molecule has 0 aromatic heterocycles. The molecule has 0 aliphatic rings. The predicted molar refractivity (Wildman–Crippen MR) is 57.7 cm³/mol. The second-order valence-electron chi connectivity index (χ2n) is 3.88. The van der Waals surface area contributed by atoms with Gasteiger partial charge in [0, 0.05) is 0 Å². The quantitative estimate of drug-likeness (QED) is 0.453. The Morgan fingerprint density at radius 3 is 2.23 bits per heavy atom. The van der Waals surface area contributed by atoms with Crippen LogP contribution in [0, 0.1) is 11.8 Å². The minimum absolute atomic E-state index is 0.418. The van der Waals surface area contributed by atoms with Crippen molar-refractivity contribution in [2.45, 2.75) is 47.0 Å². The molecule has 2 unspecified atom stereocenters. The molecule has 0 saturated carbocycles. The highest BCUT2D eigenvalue weighted by Crippen LogP contribution is 2.15. The van der Waals surface area contributed by atoms with E-state index in [0.29, 0.717) is 11.8 Å². The highest BCUT2D eigenvalue weighted by molar-refractivity contribution is 5.73. The topological polar surface area (TPSA) is 17.1 Å². The molecule has 0 rings (SSSR count). The number of allylic oxidation sites excluding steroid dienone is 2. The van der Waals surface area contributed by atoms with Gasteiger partial charge in [-0.1, -0.05) is 40.2 Å². The van der Waals surface area contributed by atoms with Gasteiger partial charge in [-0.05, 0) is 30.3 Å². The molecule has 1 nitrogen and oxygen atoms in total. The van der Waals surface area contributed by atoms with Gasteiger partial charge in [-0.15, -0.1) is 0 Å². The van der Waals surface area contributed by atoms with Crippen LogP contribution in [0.15, 0.2) is 11.6 Å². The van der Waals surface area contributed by atoms with Crippen LogP contribution in [-0.4, -0.2) is 6.29 Å². The number of aldehydes is 1. The van der Waals surface area contributed by atoms with Gasteiger partial charge >= 0.3 is 0 Å². The zero-order chi connectivity index (χ0) is 10.3. The van der Waals surface area contributed by atoms with Crippen LogP contribution in [0.25, 0.3) is 0 Å². The molecule has 0 aliphatic heterocycles. The molecule has 0 aliphatic carbocycles. The molecule has 0 bridgehead atoms. The molecule has 0 spiro atoms. The van der Waals surface area contributed by atoms with E-state index in [1.807, 2.05) is 0 Å². The van der Waals surface area contributed by atoms with Crippen LogP contribution in [-0.2, 0) is 4.79 Å². The fraction of sp³-hybridized carbons (Fsp3) is 0.750. The maximum atomic E-state index is 10.7. The summed E-state index contributed by atoms with van der Waals surface area (Å²) in [6.45, 7) is 8.62. The van der Waals surface area contributed by atoms with Gasteiger partial charge in [0.05, 0.1) is 0 Å². The van der Waals surface area contributed by atoms with Gasteiger partial charge in [0.25, 0.3) is 0 Å². The minimum Gasteiger partial charge on any atom is -0.298 e. The largest absolute Gasteiger partial charge is 0.298 e. The number of rotatable bonds is 6. The van der Waals surface area contributed by atoms with Crippen molar-refractivity contribution in [2.75, 3.05) is 0 Å². The molecule has 0 aromatic carbocycles. The Kier molecular flexibility index (Phi) is 6.56. The van der Waals surface area contributed by atoms with E-state index in [1.54, 1.807) is 0 Å². The van der Waals surface area contributed by atoms with Crippen LogP contribution >= 0.6 is 0 Å². The second-order valence-corrected chi connectivity index (χ2v) is 3.88. The molecule has 0 aromatic rings. The summed E-state index contributed by atoms with van der Waals surface area (Å²) in [6.07, 6.45) is 6.38. The van der Waals surface area contributed by atoms with E-state index in [1.165, 1.54) is 6.42 Å². The molecule has 0 fully saturated rings. The van der Waals surface area contributed by atoms with Gasteiger partial charge in [-0.3, -0.25) is 4.79 Å². The first-order valence-corrected chi connectivity index (χ1v) is 5.30. The highest BCUT2D eigenvalue weighted by atomic mass is 16.1. The van der Waals surface area contributed by atoms with Crippen LogP contribution < -0.4 is 0 Å². The number of hydrogen-bond donors (Lipinski definition) is 0. The monoisotopic (exact) mass is 182 g/mol. The summed E-state index contributed by atoms with van der Waals surface area (Å²) in [4.78, 5) is 10.7. The maximum Gasteiger partial charge on any atom is 0.145 e. The molecule has 13 heavy (non-hydrogen) atoms. The molecule has 76 valence electrons. The number of carbonyl (C=O) groups is 1. The predicted octanol–water partition coefficient (Wildman–Crippen LogP) is 3.59. The third-order valence-electron chi connectivity index (χ3n) is 2.77. The molecule has 2 atom stereocenters. The molecule has 0 radical (unpaired) electrons. The number of carbonyl (C=O) groups excluding carboxylic acids is 1. The maximum absolute atomic E-state index is 10.7. The van der Waals surface area contributed by atoms with Crippen molar-refractivity contribution in [1.82, 2.24) is 0 Å². The molecule has 0 amide bonds. The van der Waals surface area contributed by atoms with E-state index in [0.717, 1.165) is 24.7 Å². The van der Waals surface area contributed by atoms with E-state index in [4.69, 9.17) is 0 Å². The Balaban J connectivity index is 4.14. The van der Waals surface area contributed by atoms with Gasteiger partial charge in [0.15, 0.2) is 0 Å². The number of hydrogen-bond acceptors (Lipinski definition) is 1. The fourth-order valence-corrected chi connectivity index (χ4v) is 1.11. The second kappa shape index (κ2) is 6.88. The van der Waals surface area contributed by atoms with Crippen LogP contribution in [0.4, 0.5) is 0 Å². The average molecular weight is 182 g/mol. The van der Waals surface area contributed by atoms with E-state index in [2.05, 4.69) is 33.8 Å². The molecular formula is C12H22O. The summed E-state index contributed by atoms with van der Waals surface area (Å²) in [5, 5.41) is 0. The smallest absolute Gasteiger partial charge is 0.145 e. The molecule has 0 N–H and O–H groups in total. The van der Waals surface area contributed by atoms with E-state index >= 15 is 0 Å². The third-order valence-corrected chi connectivity index (χ3v) is 2.77. The van der Waals surface area contributed by atoms with E-state index in [9.17, 15) is 4.79 Å². The van der Waals surface area contributed by atoms with Crippen molar-refractivity contribution in [2.24, 2.45) is 11.8 Å². The van der Waals surface area contributed by atoms with Crippen molar-refractivity contribution < 1.29 is 4.79 Å². The molecule has 0 saturated heterocycles. The van der Waals surface area contributed by atoms with Crippen molar-refractivity contribution in [3.8, 4) is 0 Å². The summed E-state index contributed by atoms with van der Waals surface area (Å²) in [6, 6.07) is 0. The molecular weight excluding hydrogens is 160 g/mol. The summed E-state index contributed by atoms with van der Waals surface area (Å²) < 4.78 is 0. The summed E-state index contributed by atoms with van der Waals surface area (Å²) in [5.41, 5.74) is 0.975. The Morgan fingerprint density at radius 2 is 1.85 bits per heavy atom. The SMILES string of the molecule is CCC(C)C/C=C(\C=O)C(C)CC. The lowest BCUT2D eigenvalue weighted by atomic mass is 9.96. The lowest BCUT2D eigenvalue weighted by molar-refractivity contribution is -0.105. The van der Waals surface area contributed by atoms with Gasteiger partial charge < -0.3 is 0 Å². The molecule has 0 heterocycles. The van der Waals surface area contributed by atoms with Crippen LogP contribution in [0.5, 0.6) is 0 Å². The Labute approximate surface area is 82.2 Å². The first-order chi connectivity index (χ1) is 6.15. The van der Waals surface area contributed by atoms with Gasteiger partial charge in [0.2, 0.25) is 0 Å². The minimum atomic E-state index is 0.418. The third kappa shape index (κ3) is 4.87. The van der Waals surface area contributed by atoms with Crippen LogP contribution in [0.3, 0.4) is 0 Å². The van der Waals surface area contributed by atoms with E-state index in [-0.39, 0.29) is 0 Å². The lowest BCUT2D eigenvalue weighted by Gasteiger charge is -2.09.